The summed E-state index contributed by atoms with van der Waals surface area (Å²) in [7, 11) is 0. The SMILES string of the molecule is [2H]c1nc(-c2cc(-c3cccc4c3nc(-c3cc(C(C)(C)C)cc(C(C)(C)C)c3O)n4-c3ccc(C(C)(C)C(C)(C)C)cc3-c3ccccc3)cc(C(C)(C)C)c2)c([2H])c(-c2c([2H])c([2H])c([2H])c([2H])c2[2H])c1[2H]. The first-order chi connectivity index (χ1) is 33.7. The number of aromatic nitrogens is 3. The number of pyridine rings is 1. The molecular formula is C61H67N3O. The molecule has 0 spiro atoms. The summed E-state index contributed by atoms with van der Waals surface area (Å²) < 4.78 is 72.1. The molecule has 0 aliphatic heterocycles. The summed E-state index contributed by atoms with van der Waals surface area (Å²) in [6.45, 7) is 30.4. The fraction of sp³-hybridized carbons (Fsp3) is 0.311. The summed E-state index contributed by atoms with van der Waals surface area (Å²) in [4.78, 5) is 10.1. The summed E-state index contributed by atoms with van der Waals surface area (Å²) >= 11 is 0. The normalized spacial score (nSPS) is 14.6. The van der Waals surface area contributed by atoms with Crippen LogP contribution in [0.3, 0.4) is 0 Å². The Kier molecular flexibility index (Phi) is 9.04. The lowest BCUT2D eigenvalue weighted by molar-refractivity contribution is 0.225. The van der Waals surface area contributed by atoms with Crippen molar-refractivity contribution in [3.05, 3.63) is 168 Å². The highest BCUT2D eigenvalue weighted by atomic mass is 16.3. The first-order valence-corrected chi connectivity index (χ1v) is 22.6. The van der Waals surface area contributed by atoms with Gasteiger partial charge in [-0.05, 0) is 115 Å². The lowest BCUT2D eigenvalue weighted by Crippen LogP contribution is -2.34. The Morgan fingerprint density at radius 3 is 1.82 bits per heavy atom. The maximum absolute atomic E-state index is 12.7. The van der Waals surface area contributed by atoms with E-state index >= 15 is 0 Å². The fourth-order valence-corrected chi connectivity index (χ4v) is 8.28. The molecule has 8 rings (SSSR count). The van der Waals surface area contributed by atoms with E-state index in [9.17, 15) is 6.48 Å². The third-order valence-electron chi connectivity index (χ3n) is 13.4. The summed E-state index contributed by atoms with van der Waals surface area (Å²) in [5.74, 6) is 0.697. The third kappa shape index (κ3) is 8.68. The number of phenolic OH excluding ortho intramolecular Hbond substituents is 1. The Morgan fingerprint density at radius 1 is 0.523 bits per heavy atom. The van der Waals surface area contributed by atoms with Crippen LogP contribution in [-0.2, 0) is 21.7 Å². The quantitative estimate of drug-likeness (QED) is 0.174. The van der Waals surface area contributed by atoms with Crippen LogP contribution in [0.1, 0.15) is 130 Å². The molecule has 2 aromatic heterocycles. The van der Waals surface area contributed by atoms with Crippen molar-refractivity contribution in [2.24, 2.45) is 5.41 Å². The molecule has 4 heteroatoms. The summed E-state index contributed by atoms with van der Waals surface area (Å²) in [6, 6.07) is 29.4. The summed E-state index contributed by atoms with van der Waals surface area (Å²) in [5.41, 5.74) is 8.71. The number of hydrogen-bond donors (Lipinski definition) is 1. The lowest BCUT2D eigenvalue weighted by atomic mass is 9.65. The molecule has 0 saturated carbocycles. The lowest BCUT2D eigenvalue weighted by Gasteiger charge is -2.40. The maximum Gasteiger partial charge on any atom is 0.149 e. The minimum Gasteiger partial charge on any atom is -0.507 e. The zero-order valence-corrected chi connectivity index (χ0v) is 40.5. The molecule has 332 valence electrons. The predicted octanol–water partition coefficient (Wildman–Crippen LogP) is 16.7. The van der Waals surface area contributed by atoms with Crippen LogP contribution in [0.15, 0.2) is 146 Å². The molecule has 0 radical (unpaired) electrons. The van der Waals surface area contributed by atoms with Crippen LogP contribution in [0.2, 0.25) is 0 Å². The average Bonchev–Trinajstić information content (AvgIpc) is 3.70. The number of rotatable bonds is 7. The largest absolute Gasteiger partial charge is 0.507 e. The Bertz CT molecular complexity index is 3480. The molecule has 0 fully saturated rings. The van der Waals surface area contributed by atoms with Gasteiger partial charge in [-0.2, -0.15) is 0 Å². The smallest absolute Gasteiger partial charge is 0.149 e. The number of phenols is 1. The zero-order chi connectivity index (χ0) is 53.8. The van der Waals surface area contributed by atoms with Crippen molar-refractivity contribution in [3.8, 4) is 67.5 Å². The van der Waals surface area contributed by atoms with Gasteiger partial charge in [0.1, 0.15) is 11.6 Å². The molecule has 0 aliphatic rings. The van der Waals surface area contributed by atoms with Crippen LogP contribution >= 0.6 is 0 Å². The molecule has 0 atom stereocenters. The van der Waals surface area contributed by atoms with Crippen molar-refractivity contribution >= 4 is 11.0 Å². The van der Waals surface area contributed by atoms with Crippen LogP contribution in [0.25, 0.3) is 72.7 Å². The Balaban J connectivity index is 1.50. The van der Waals surface area contributed by atoms with Crippen LogP contribution in [0.5, 0.6) is 5.75 Å². The molecule has 0 unspecified atom stereocenters. The number of hydrogen-bond acceptors (Lipinski definition) is 3. The predicted molar refractivity (Wildman–Crippen MR) is 276 cm³/mol. The molecular weight excluding hydrogens is 791 g/mol. The Morgan fingerprint density at radius 2 is 1.17 bits per heavy atom. The van der Waals surface area contributed by atoms with Crippen molar-refractivity contribution in [2.75, 3.05) is 0 Å². The second-order valence-corrected chi connectivity index (χ2v) is 22.1. The monoisotopic (exact) mass is 866 g/mol. The molecule has 6 aromatic carbocycles. The van der Waals surface area contributed by atoms with Gasteiger partial charge in [-0.3, -0.25) is 9.55 Å². The molecule has 0 bridgehead atoms. The number of aromatic hydroxyl groups is 1. The van der Waals surface area contributed by atoms with Crippen LogP contribution in [0, 0.1) is 5.41 Å². The number of para-hydroxylation sites is 1. The standard InChI is InChI=1S/C61H67N3O/c1-57(2,3)45-33-42(32-43(34-45)51-35-41(30-31-62-51)39-22-17-15-18-23-39)47-26-21-27-53-54(47)63-56(49-37-46(58(4,5)6)38-50(55(49)65)59(7,8)9)64(53)52-29-28-44(61(13,14)60(10,11)12)36-48(52)40-24-19-16-20-25-40/h15-38,65H,1-14H3/i15D,17D,18D,22D,23D,30D,31D,35D. The fourth-order valence-electron chi connectivity index (χ4n) is 8.28. The molecule has 8 aromatic rings. The van der Waals surface area contributed by atoms with E-state index in [1.165, 1.54) is 5.56 Å². The van der Waals surface area contributed by atoms with Crippen molar-refractivity contribution in [2.45, 2.75) is 119 Å². The van der Waals surface area contributed by atoms with Crippen molar-refractivity contribution in [3.63, 3.8) is 0 Å². The van der Waals surface area contributed by atoms with Gasteiger partial charge in [-0.15, -0.1) is 0 Å². The molecule has 1 N–H and O–H groups in total. The van der Waals surface area contributed by atoms with Gasteiger partial charge in [0, 0.05) is 28.4 Å². The molecule has 0 aliphatic carbocycles. The third-order valence-corrected chi connectivity index (χ3v) is 13.4. The zero-order valence-electron chi connectivity index (χ0n) is 48.5. The number of imidazole rings is 1. The first-order valence-electron chi connectivity index (χ1n) is 26.6. The minimum absolute atomic E-state index is 0.0259. The summed E-state index contributed by atoms with van der Waals surface area (Å²) in [6.07, 6.45) is -0.501. The van der Waals surface area contributed by atoms with Crippen LogP contribution in [0.4, 0.5) is 0 Å². The average molecular weight is 866 g/mol. The van der Waals surface area contributed by atoms with E-state index in [4.69, 9.17) is 14.6 Å². The van der Waals surface area contributed by atoms with Gasteiger partial charge < -0.3 is 5.11 Å². The number of fused-ring (bicyclic) bond motifs is 1. The van der Waals surface area contributed by atoms with Crippen molar-refractivity contribution in [1.82, 2.24) is 14.5 Å². The van der Waals surface area contributed by atoms with E-state index < -0.39 is 53.3 Å². The highest BCUT2D eigenvalue weighted by Crippen LogP contribution is 2.48. The van der Waals surface area contributed by atoms with Crippen LogP contribution in [-0.4, -0.2) is 19.6 Å². The van der Waals surface area contributed by atoms with E-state index in [0.29, 0.717) is 22.5 Å². The van der Waals surface area contributed by atoms with Gasteiger partial charge in [0.05, 0.1) is 38.9 Å². The van der Waals surface area contributed by atoms with E-state index in [-0.39, 0.29) is 44.9 Å². The Labute approximate surface area is 399 Å². The number of nitrogens with zero attached hydrogens (tertiary/aromatic N) is 3. The van der Waals surface area contributed by atoms with E-state index in [0.717, 1.165) is 50.1 Å². The Hall–Kier alpha value is -6.26. The molecule has 4 nitrogen and oxygen atoms in total. The van der Waals surface area contributed by atoms with Gasteiger partial charge >= 0.3 is 0 Å². The second-order valence-electron chi connectivity index (χ2n) is 22.1. The van der Waals surface area contributed by atoms with Gasteiger partial charge in [0.15, 0.2) is 0 Å². The first kappa shape index (κ1) is 36.0. The van der Waals surface area contributed by atoms with Gasteiger partial charge in [0.25, 0.3) is 0 Å². The van der Waals surface area contributed by atoms with E-state index in [1.807, 2.05) is 42.5 Å². The second kappa shape index (κ2) is 16.3. The molecule has 65 heavy (non-hydrogen) atoms. The van der Waals surface area contributed by atoms with E-state index in [1.54, 1.807) is 0 Å². The molecule has 0 saturated heterocycles. The van der Waals surface area contributed by atoms with Crippen molar-refractivity contribution in [1.29, 1.82) is 0 Å². The van der Waals surface area contributed by atoms with Crippen LogP contribution < -0.4 is 0 Å². The van der Waals surface area contributed by atoms with Gasteiger partial charge in [-0.25, -0.2) is 4.98 Å². The van der Waals surface area contributed by atoms with Gasteiger partial charge in [0.2, 0.25) is 0 Å². The highest BCUT2D eigenvalue weighted by molar-refractivity contribution is 5.98. The minimum atomic E-state index is -0.600. The van der Waals surface area contributed by atoms with Crippen molar-refractivity contribution < 1.29 is 16.1 Å². The topological polar surface area (TPSA) is 50.9 Å². The number of benzene rings is 6. The van der Waals surface area contributed by atoms with Gasteiger partial charge in [-0.1, -0.05) is 188 Å². The maximum atomic E-state index is 12.7. The summed E-state index contributed by atoms with van der Waals surface area (Å²) in [5, 5.41) is 12.7. The molecule has 0 amide bonds. The van der Waals surface area contributed by atoms with E-state index in [2.05, 4.69) is 161 Å². The highest BCUT2D eigenvalue weighted by Gasteiger charge is 2.36. The molecule has 2 heterocycles.